The Bertz CT molecular complexity index is 549. The Morgan fingerprint density at radius 1 is 1.11 bits per heavy atom. The molecule has 0 aliphatic carbocycles. The summed E-state index contributed by atoms with van der Waals surface area (Å²) in [6, 6.07) is 13.2. The highest BCUT2D eigenvalue weighted by Gasteiger charge is 2.02. The molecule has 0 spiro atoms. The molecule has 0 bridgehead atoms. The molecule has 19 heavy (non-hydrogen) atoms. The molecule has 100 valence electrons. The summed E-state index contributed by atoms with van der Waals surface area (Å²) >= 11 is 3.37. The number of nitrogens with one attached hydrogen (secondary N) is 1. The molecule has 0 aliphatic heterocycles. The minimum absolute atomic E-state index is 0.225. The van der Waals surface area contributed by atoms with E-state index in [0.717, 1.165) is 15.7 Å². The van der Waals surface area contributed by atoms with Crippen LogP contribution in [-0.4, -0.2) is 0 Å². The molecule has 3 heteroatoms. The maximum Gasteiger partial charge on any atom is 0.124 e. The monoisotopic (exact) mass is 321 g/mol. The van der Waals surface area contributed by atoms with Crippen LogP contribution in [0.2, 0.25) is 0 Å². The first-order valence-electron chi connectivity index (χ1n) is 6.34. The lowest BCUT2D eigenvalue weighted by atomic mass is 10.0. The molecule has 0 fully saturated rings. The third-order valence-electron chi connectivity index (χ3n) is 3.08. The summed E-state index contributed by atoms with van der Waals surface area (Å²) in [7, 11) is 0. The van der Waals surface area contributed by atoms with Gasteiger partial charge < -0.3 is 5.32 Å². The van der Waals surface area contributed by atoms with Gasteiger partial charge in [0.15, 0.2) is 0 Å². The number of benzene rings is 2. The molecular formula is C16H17BrFN. The average Bonchev–Trinajstić information content (AvgIpc) is 2.38. The molecule has 0 atom stereocenters. The van der Waals surface area contributed by atoms with E-state index in [1.807, 2.05) is 0 Å². The van der Waals surface area contributed by atoms with Gasteiger partial charge in [0.2, 0.25) is 0 Å². The van der Waals surface area contributed by atoms with Gasteiger partial charge in [0.1, 0.15) is 5.82 Å². The lowest BCUT2D eigenvalue weighted by Crippen LogP contribution is -2.00. The van der Waals surface area contributed by atoms with Crippen LogP contribution in [0.3, 0.4) is 0 Å². The second kappa shape index (κ2) is 6.20. The van der Waals surface area contributed by atoms with Gasteiger partial charge in [0, 0.05) is 16.7 Å². The van der Waals surface area contributed by atoms with E-state index >= 15 is 0 Å². The molecule has 2 aromatic carbocycles. The second-order valence-electron chi connectivity index (χ2n) is 4.87. The standard InChI is InChI=1S/C16H17BrFN/c1-11(2)12-4-7-15(8-5-12)19-10-13-3-6-14(18)9-16(13)17/h3-9,11,19H,10H2,1-2H3. The molecule has 1 N–H and O–H groups in total. The molecule has 2 aromatic rings. The Morgan fingerprint density at radius 3 is 2.37 bits per heavy atom. The molecule has 0 heterocycles. The topological polar surface area (TPSA) is 12.0 Å². The fourth-order valence-electron chi connectivity index (χ4n) is 1.85. The van der Waals surface area contributed by atoms with Gasteiger partial charge in [-0.1, -0.05) is 48.0 Å². The largest absolute Gasteiger partial charge is 0.381 e. The van der Waals surface area contributed by atoms with Gasteiger partial charge in [-0.3, -0.25) is 0 Å². The highest BCUT2D eigenvalue weighted by Crippen LogP contribution is 2.21. The number of anilines is 1. The summed E-state index contributed by atoms with van der Waals surface area (Å²) < 4.78 is 13.8. The maximum absolute atomic E-state index is 13.0. The SMILES string of the molecule is CC(C)c1ccc(NCc2ccc(F)cc2Br)cc1. The second-order valence-corrected chi connectivity index (χ2v) is 5.72. The summed E-state index contributed by atoms with van der Waals surface area (Å²) in [5, 5.41) is 3.33. The van der Waals surface area contributed by atoms with Crippen LogP contribution in [-0.2, 0) is 6.54 Å². The van der Waals surface area contributed by atoms with E-state index in [4.69, 9.17) is 0 Å². The predicted octanol–water partition coefficient (Wildman–Crippen LogP) is 5.32. The van der Waals surface area contributed by atoms with E-state index < -0.39 is 0 Å². The van der Waals surface area contributed by atoms with Crippen LogP contribution in [0, 0.1) is 5.82 Å². The first-order chi connectivity index (χ1) is 9.06. The number of hydrogen-bond acceptors (Lipinski definition) is 1. The molecular weight excluding hydrogens is 305 g/mol. The molecule has 0 aromatic heterocycles. The summed E-state index contributed by atoms with van der Waals surface area (Å²) in [5.74, 6) is 0.317. The quantitative estimate of drug-likeness (QED) is 0.803. The average molecular weight is 322 g/mol. The summed E-state index contributed by atoms with van der Waals surface area (Å²) in [5.41, 5.74) is 3.43. The van der Waals surface area contributed by atoms with Crippen molar-refractivity contribution in [3.63, 3.8) is 0 Å². The van der Waals surface area contributed by atoms with E-state index in [9.17, 15) is 4.39 Å². The summed E-state index contributed by atoms with van der Waals surface area (Å²) in [6.45, 7) is 5.03. The zero-order valence-corrected chi connectivity index (χ0v) is 12.7. The number of rotatable bonds is 4. The minimum Gasteiger partial charge on any atom is -0.381 e. The fourth-order valence-corrected chi connectivity index (χ4v) is 2.34. The van der Waals surface area contributed by atoms with Gasteiger partial charge in [0.05, 0.1) is 0 Å². The Balaban J connectivity index is 2.02. The van der Waals surface area contributed by atoms with Crippen molar-refractivity contribution >= 4 is 21.6 Å². The smallest absolute Gasteiger partial charge is 0.124 e. The first kappa shape index (κ1) is 14.1. The lowest BCUT2D eigenvalue weighted by molar-refractivity contribution is 0.626. The third kappa shape index (κ3) is 3.80. The Hall–Kier alpha value is -1.35. The predicted molar refractivity (Wildman–Crippen MR) is 82.0 cm³/mol. The maximum atomic E-state index is 13.0. The molecule has 0 saturated carbocycles. The van der Waals surface area contributed by atoms with E-state index in [0.29, 0.717) is 12.5 Å². The van der Waals surface area contributed by atoms with Crippen molar-refractivity contribution in [1.29, 1.82) is 0 Å². The van der Waals surface area contributed by atoms with Crippen LogP contribution in [0.1, 0.15) is 30.9 Å². The van der Waals surface area contributed by atoms with Gasteiger partial charge >= 0.3 is 0 Å². The van der Waals surface area contributed by atoms with Crippen molar-refractivity contribution in [2.75, 3.05) is 5.32 Å². The van der Waals surface area contributed by atoms with Gasteiger partial charge in [-0.25, -0.2) is 4.39 Å². The Labute approximate surface area is 122 Å². The fraction of sp³-hybridized carbons (Fsp3) is 0.250. The normalized spacial score (nSPS) is 10.8. The zero-order chi connectivity index (χ0) is 13.8. The van der Waals surface area contributed by atoms with Crippen molar-refractivity contribution in [2.45, 2.75) is 26.3 Å². The summed E-state index contributed by atoms with van der Waals surface area (Å²) in [6.07, 6.45) is 0. The third-order valence-corrected chi connectivity index (χ3v) is 3.81. The van der Waals surface area contributed by atoms with E-state index in [2.05, 4.69) is 59.4 Å². The van der Waals surface area contributed by atoms with Crippen molar-refractivity contribution in [2.24, 2.45) is 0 Å². The first-order valence-corrected chi connectivity index (χ1v) is 7.13. The van der Waals surface area contributed by atoms with E-state index in [-0.39, 0.29) is 5.82 Å². The van der Waals surface area contributed by atoms with Crippen LogP contribution in [0.25, 0.3) is 0 Å². The molecule has 0 amide bonds. The van der Waals surface area contributed by atoms with Crippen LogP contribution < -0.4 is 5.32 Å². The summed E-state index contributed by atoms with van der Waals surface area (Å²) in [4.78, 5) is 0. The Morgan fingerprint density at radius 2 is 1.79 bits per heavy atom. The molecule has 0 aliphatic rings. The molecule has 0 saturated heterocycles. The van der Waals surface area contributed by atoms with Gasteiger partial charge in [0.25, 0.3) is 0 Å². The van der Waals surface area contributed by atoms with Crippen molar-refractivity contribution in [1.82, 2.24) is 0 Å². The van der Waals surface area contributed by atoms with Crippen LogP contribution in [0.5, 0.6) is 0 Å². The minimum atomic E-state index is -0.225. The van der Waals surface area contributed by atoms with Gasteiger partial charge in [-0.15, -0.1) is 0 Å². The van der Waals surface area contributed by atoms with Crippen LogP contribution >= 0.6 is 15.9 Å². The van der Waals surface area contributed by atoms with E-state index in [1.54, 1.807) is 6.07 Å². The molecule has 0 unspecified atom stereocenters. The van der Waals surface area contributed by atoms with Crippen LogP contribution in [0.4, 0.5) is 10.1 Å². The number of hydrogen-bond donors (Lipinski definition) is 1. The van der Waals surface area contributed by atoms with Crippen molar-refractivity contribution in [3.05, 3.63) is 63.9 Å². The van der Waals surface area contributed by atoms with Gasteiger partial charge in [-0.05, 0) is 41.3 Å². The van der Waals surface area contributed by atoms with Crippen LogP contribution in [0.15, 0.2) is 46.9 Å². The van der Waals surface area contributed by atoms with Crippen molar-refractivity contribution < 1.29 is 4.39 Å². The molecule has 0 radical (unpaired) electrons. The van der Waals surface area contributed by atoms with E-state index in [1.165, 1.54) is 17.7 Å². The lowest BCUT2D eigenvalue weighted by Gasteiger charge is -2.10. The van der Waals surface area contributed by atoms with Crippen molar-refractivity contribution in [3.8, 4) is 0 Å². The number of halogens is 2. The Kier molecular flexibility index (Phi) is 4.59. The zero-order valence-electron chi connectivity index (χ0n) is 11.1. The molecule has 2 rings (SSSR count). The highest BCUT2D eigenvalue weighted by atomic mass is 79.9. The van der Waals surface area contributed by atoms with Gasteiger partial charge in [-0.2, -0.15) is 0 Å². The highest BCUT2D eigenvalue weighted by molar-refractivity contribution is 9.10. The molecule has 1 nitrogen and oxygen atoms in total.